The van der Waals surface area contributed by atoms with Crippen molar-refractivity contribution < 1.29 is 14.3 Å². The minimum absolute atomic E-state index is 0.000580. The maximum Gasteiger partial charge on any atom is 0.308 e. The summed E-state index contributed by atoms with van der Waals surface area (Å²) in [5.41, 5.74) is 2.73. The molecule has 5 heteroatoms. The van der Waals surface area contributed by atoms with E-state index < -0.39 is 0 Å². The number of aryl methyl sites for hydroxylation is 2. The number of hydrogen-bond donors (Lipinski definition) is 0. The first-order valence-electron chi connectivity index (χ1n) is 10.7. The van der Waals surface area contributed by atoms with E-state index in [2.05, 4.69) is 36.1 Å². The first-order chi connectivity index (χ1) is 13.5. The average Bonchev–Trinajstić information content (AvgIpc) is 2.73. The SMILES string of the molecule is COC(=O)C1CCN(CC(=O)N2CCC(CCc3ccc(C)cc3)CC2)CC1. The predicted molar refractivity (Wildman–Crippen MR) is 110 cm³/mol. The molecule has 2 aliphatic rings. The van der Waals surface area contributed by atoms with Gasteiger partial charge in [-0.25, -0.2) is 0 Å². The van der Waals surface area contributed by atoms with E-state index in [-0.39, 0.29) is 17.8 Å². The Labute approximate surface area is 169 Å². The fraction of sp³-hybridized carbons (Fsp3) is 0.652. The molecule has 0 radical (unpaired) electrons. The van der Waals surface area contributed by atoms with E-state index in [4.69, 9.17) is 4.74 Å². The Hall–Kier alpha value is -1.88. The van der Waals surface area contributed by atoms with Crippen LogP contribution in [0.2, 0.25) is 0 Å². The molecule has 1 aromatic carbocycles. The van der Waals surface area contributed by atoms with Crippen LogP contribution in [0.1, 0.15) is 43.2 Å². The van der Waals surface area contributed by atoms with Crippen LogP contribution in [-0.2, 0) is 20.7 Å². The number of carbonyl (C=O) groups excluding carboxylic acids is 2. The van der Waals surface area contributed by atoms with Gasteiger partial charge in [0, 0.05) is 13.1 Å². The van der Waals surface area contributed by atoms with Crippen molar-refractivity contribution >= 4 is 11.9 Å². The van der Waals surface area contributed by atoms with E-state index in [0.717, 1.165) is 64.2 Å². The van der Waals surface area contributed by atoms with Gasteiger partial charge in [0.25, 0.3) is 0 Å². The molecular weight excluding hydrogens is 352 g/mol. The standard InChI is InChI=1S/C23H34N2O3/c1-18-3-5-19(6-4-18)7-8-20-9-15-25(16-10-20)22(26)17-24-13-11-21(12-14-24)23(27)28-2/h3-6,20-21H,7-17H2,1-2H3. The molecule has 1 aromatic rings. The number of hydrogen-bond acceptors (Lipinski definition) is 4. The van der Waals surface area contributed by atoms with E-state index in [9.17, 15) is 9.59 Å². The van der Waals surface area contributed by atoms with Crippen LogP contribution in [0.3, 0.4) is 0 Å². The highest BCUT2D eigenvalue weighted by molar-refractivity contribution is 5.78. The van der Waals surface area contributed by atoms with Crippen LogP contribution in [0, 0.1) is 18.8 Å². The third-order valence-electron chi connectivity index (χ3n) is 6.41. The summed E-state index contributed by atoms with van der Waals surface area (Å²) in [6.07, 6.45) is 6.16. The van der Waals surface area contributed by atoms with Crippen molar-refractivity contribution in [3.63, 3.8) is 0 Å². The number of piperidine rings is 2. The van der Waals surface area contributed by atoms with Crippen LogP contribution in [-0.4, -0.2) is 61.5 Å². The van der Waals surface area contributed by atoms with Gasteiger partial charge in [0.2, 0.25) is 5.91 Å². The lowest BCUT2D eigenvalue weighted by Gasteiger charge is -2.35. The van der Waals surface area contributed by atoms with Gasteiger partial charge >= 0.3 is 5.97 Å². The van der Waals surface area contributed by atoms with Crippen LogP contribution in [0.15, 0.2) is 24.3 Å². The fourth-order valence-electron chi connectivity index (χ4n) is 4.38. The molecule has 0 N–H and O–H groups in total. The Morgan fingerprint density at radius 1 is 1.00 bits per heavy atom. The van der Waals surface area contributed by atoms with Gasteiger partial charge in [-0.1, -0.05) is 29.8 Å². The van der Waals surface area contributed by atoms with Crippen LogP contribution in [0.5, 0.6) is 0 Å². The summed E-state index contributed by atoms with van der Waals surface area (Å²) in [6, 6.07) is 8.84. The molecule has 28 heavy (non-hydrogen) atoms. The van der Waals surface area contributed by atoms with Crippen molar-refractivity contribution in [2.45, 2.75) is 45.4 Å². The number of ether oxygens (including phenoxy) is 1. The molecule has 0 unspecified atom stereocenters. The number of nitrogens with zero attached hydrogens (tertiary/aromatic N) is 2. The number of esters is 1. The number of carbonyl (C=O) groups is 2. The smallest absolute Gasteiger partial charge is 0.308 e. The zero-order valence-electron chi connectivity index (χ0n) is 17.4. The molecule has 1 amide bonds. The molecule has 2 heterocycles. The Morgan fingerprint density at radius 3 is 2.25 bits per heavy atom. The van der Waals surface area contributed by atoms with Crippen molar-refractivity contribution in [1.29, 1.82) is 0 Å². The maximum absolute atomic E-state index is 12.6. The minimum atomic E-state index is -0.112. The largest absolute Gasteiger partial charge is 0.469 e. The maximum atomic E-state index is 12.6. The normalized spacial score (nSPS) is 19.6. The zero-order chi connectivity index (χ0) is 19.9. The van der Waals surface area contributed by atoms with E-state index in [1.807, 2.05) is 4.90 Å². The molecule has 0 aliphatic carbocycles. The highest BCUT2D eigenvalue weighted by Gasteiger charge is 2.28. The summed E-state index contributed by atoms with van der Waals surface area (Å²) < 4.78 is 4.83. The lowest BCUT2D eigenvalue weighted by Crippen LogP contribution is -2.46. The summed E-state index contributed by atoms with van der Waals surface area (Å²) in [5, 5.41) is 0. The van der Waals surface area contributed by atoms with Crippen molar-refractivity contribution in [3.05, 3.63) is 35.4 Å². The number of rotatable bonds is 6. The topological polar surface area (TPSA) is 49.9 Å². The molecule has 0 atom stereocenters. The number of amides is 1. The predicted octanol–water partition coefficient (Wildman–Crippen LogP) is 3.05. The molecular formula is C23H34N2O3. The lowest BCUT2D eigenvalue weighted by molar-refractivity contribution is -0.147. The summed E-state index contributed by atoms with van der Waals surface area (Å²) in [5.74, 6) is 0.856. The molecule has 0 spiro atoms. The second kappa shape index (κ2) is 10.1. The molecule has 2 fully saturated rings. The summed E-state index contributed by atoms with van der Waals surface area (Å²) in [7, 11) is 1.45. The molecule has 0 aromatic heterocycles. The van der Waals surface area contributed by atoms with Gasteiger partial charge in [-0.05, 0) is 70.0 Å². The van der Waals surface area contributed by atoms with Crippen LogP contribution < -0.4 is 0 Å². The fourth-order valence-corrected chi connectivity index (χ4v) is 4.38. The van der Waals surface area contributed by atoms with E-state index in [1.54, 1.807) is 0 Å². The van der Waals surface area contributed by atoms with Gasteiger partial charge < -0.3 is 9.64 Å². The first-order valence-corrected chi connectivity index (χ1v) is 10.7. The van der Waals surface area contributed by atoms with Gasteiger partial charge in [-0.15, -0.1) is 0 Å². The van der Waals surface area contributed by atoms with Gasteiger partial charge in [0.05, 0.1) is 19.6 Å². The summed E-state index contributed by atoms with van der Waals surface area (Å²) in [4.78, 5) is 28.5. The Bertz CT molecular complexity index is 642. The molecule has 3 rings (SSSR count). The van der Waals surface area contributed by atoms with Crippen LogP contribution >= 0.6 is 0 Å². The number of benzene rings is 1. The highest BCUT2D eigenvalue weighted by Crippen LogP contribution is 2.23. The molecule has 2 aliphatic heterocycles. The van der Waals surface area contributed by atoms with E-state index in [0.29, 0.717) is 6.54 Å². The van der Waals surface area contributed by atoms with Crippen LogP contribution in [0.4, 0.5) is 0 Å². The Balaban J connectivity index is 1.35. The van der Waals surface area contributed by atoms with Crippen molar-refractivity contribution in [3.8, 4) is 0 Å². The van der Waals surface area contributed by atoms with Gasteiger partial charge in [-0.2, -0.15) is 0 Å². The molecule has 5 nitrogen and oxygen atoms in total. The Morgan fingerprint density at radius 2 is 1.64 bits per heavy atom. The number of methoxy groups -OCH3 is 1. The van der Waals surface area contributed by atoms with Crippen molar-refractivity contribution in [2.24, 2.45) is 11.8 Å². The highest BCUT2D eigenvalue weighted by atomic mass is 16.5. The first kappa shape index (κ1) is 20.8. The van der Waals surface area contributed by atoms with Crippen molar-refractivity contribution in [2.75, 3.05) is 39.8 Å². The van der Waals surface area contributed by atoms with Crippen LogP contribution in [0.25, 0.3) is 0 Å². The molecule has 154 valence electrons. The number of likely N-dealkylation sites (tertiary alicyclic amines) is 2. The second-order valence-electron chi connectivity index (χ2n) is 8.42. The summed E-state index contributed by atoms with van der Waals surface area (Å²) in [6.45, 7) is 5.99. The van der Waals surface area contributed by atoms with Gasteiger partial charge in [0.1, 0.15) is 0 Å². The third kappa shape index (κ3) is 5.81. The van der Waals surface area contributed by atoms with Gasteiger partial charge in [-0.3, -0.25) is 14.5 Å². The minimum Gasteiger partial charge on any atom is -0.469 e. The second-order valence-corrected chi connectivity index (χ2v) is 8.42. The third-order valence-corrected chi connectivity index (χ3v) is 6.41. The van der Waals surface area contributed by atoms with Gasteiger partial charge in [0.15, 0.2) is 0 Å². The van der Waals surface area contributed by atoms with E-state index in [1.165, 1.54) is 24.7 Å². The quantitative estimate of drug-likeness (QED) is 0.705. The van der Waals surface area contributed by atoms with Crippen molar-refractivity contribution in [1.82, 2.24) is 9.80 Å². The molecule has 2 saturated heterocycles. The monoisotopic (exact) mass is 386 g/mol. The molecule has 0 bridgehead atoms. The summed E-state index contributed by atoms with van der Waals surface area (Å²) >= 11 is 0. The molecule has 0 saturated carbocycles. The van der Waals surface area contributed by atoms with E-state index >= 15 is 0 Å². The Kier molecular flexibility index (Phi) is 7.49. The lowest BCUT2D eigenvalue weighted by atomic mass is 9.90. The zero-order valence-corrected chi connectivity index (χ0v) is 17.4. The average molecular weight is 387 g/mol.